The van der Waals surface area contributed by atoms with Crippen molar-refractivity contribution in [3.05, 3.63) is 85.9 Å². The van der Waals surface area contributed by atoms with E-state index >= 15 is 0 Å². The predicted octanol–water partition coefficient (Wildman–Crippen LogP) is 4.30. The van der Waals surface area contributed by atoms with Gasteiger partial charge < -0.3 is 15.4 Å². The van der Waals surface area contributed by atoms with E-state index in [1.54, 1.807) is 5.38 Å². The Morgan fingerprint density at radius 3 is 2.29 bits per heavy atom. The van der Waals surface area contributed by atoms with Crippen molar-refractivity contribution in [3.8, 4) is 5.75 Å². The fraction of sp³-hybridized carbons (Fsp3) is 0.292. The second-order valence-electron chi connectivity index (χ2n) is 7.81. The van der Waals surface area contributed by atoms with E-state index in [9.17, 15) is 19.7 Å². The van der Waals surface area contributed by atoms with Crippen LogP contribution >= 0.6 is 11.3 Å². The van der Waals surface area contributed by atoms with E-state index in [0.29, 0.717) is 41.7 Å². The highest BCUT2D eigenvalue weighted by Gasteiger charge is 2.12. The monoisotopic (exact) mass is 482 g/mol. The van der Waals surface area contributed by atoms with Crippen LogP contribution in [0.4, 0.5) is 5.69 Å². The maximum Gasteiger partial charge on any atom is 0.270 e. The molecule has 0 aliphatic carbocycles. The third-order valence-corrected chi connectivity index (χ3v) is 5.78. The van der Waals surface area contributed by atoms with Gasteiger partial charge in [-0.3, -0.25) is 19.7 Å². The molecule has 0 atom stereocenters. The van der Waals surface area contributed by atoms with E-state index in [1.807, 2.05) is 24.3 Å². The zero-order valence-electron chi connectivity index (χ0n) is 18.9. The molecule has 0 aliphatic rings. The number of thiazole rings is 1. The van der Waals surface area contributed by atoms with Crippen molar-refractivity contribution in [1.29, 1.82) is 0 Å². The number of carbonyl (C=O) groups excluding carboxylic acids is 2. The third-order valence-electron chi connectivity index (χ3n) is 4.96. The van der Waals surface area contributed by atoms with Crippen LogP contribution in [0, 0.1) is 10.1 Å². The SMILES string of the molecule is CC(C)c1ccc(OCc2nc(C(=O)NCCCNC(=O)c3ccc([N+](=O)[O-])cc3)cs2)cc1. The molecule has 2 amide bonds. The van der Waals surface area contributed by atoms with Gasteiger partial charge in [-0.15, -0.1) is 11.3 Å². The first-order valence-corrected chi connectivity index (χ1v) is 11.7. The fourth-order valence-electron chi connectivity index (χ4n) is 2.99. The lowest BCUT2D eigenvalue weighted by Gasteiger charge is -2.07. The van der Waals surface area contributed by atoms with Crippen LogP contribution in [0.15, 0.2) is 53.9 Å². The van der Waals surface area contributed by atoms with Gasteiger partial charge in [0.15, 0.2) is 0 Å². The lowest BCUT2D eigenvalue weighted by Crippen LogP contribution is -2.30. The van der Waals surface area contributed by atoms with Gasteiger partial charge in [0.1, 0.15) is 23.1 Å². The van der Waals surface area contributed by atoms with E-state index in [4.69, 9.17) is 4.74 Å². The Balaban J connectivity index is 1.36. The standard InChI is InChI=1S/C24H26N4O5S/c1-16(2)17-6-10-20(11-7-17)33-14-22-27-21(15-34-22)24(30)26-13-3-12-25-23(29)18-4-8-19(9-5-18)28(31)32/h4-11,15-16H,3,12-14H2,1-2H3,(H,25,29)(H,26,30). The molecule has 178 valence electrons. The summed E-state index contributed by atoms with van der Waals surface area (Å²) in [7, 11) is 0. The predicted molar refractivity (Wildman–Crippen MR) is 129 cm³/mol. The normalized spacial score (nSPS) is 10.7. The fourth-order valence-corrected chi connectivity index (χ4v) is 3.68. The number of nitrogens with zero attached hydrogens (tertiary/aromatic N) is 2. The number of benzene rings is 2. The molecule has 3 rings (SSSR count). The number of nitro groups is 1. The minimum atomic E-state index is -0.520. The number of non-ortho nitro benzene ring substituents is 1. The largest absolute Gasteiger partial charge is 0.486 e. The van der Waals surface area contributed by atoms with Gasteiger partial charge in [0.25, 0.3) is 17.5 Å². The van der Waals surface area contributed by atoms with Crippen LogP contribution in [-0.4, -0.2) is 34.8 Å². The lowest BCUT2D eigenvalue weighted by molar-refractivity contribution is -0.384. The van der Waals surface area contributed by atoms with E-state index < -0.39 is 4.92 Å². The Hall–Kier alpha value is -3.79. The topological polar surface area (TPSA) is 123 Å². The molecule has 0 spiro atoms. The summed E-state index contributed by atoms with van der Waals surface area (Å²) in [6.07, 6.45) is 0.525. The van der Waals surface area contributed by atoms with Gasteiger partial charge in [-0.1, -0.05) is 26.0 Å². The Bertz CT molecular complexity index is 1130. The molecule has 0 unspecified atom stereocenters. The zero-order chi connectivity index (χ0) is 24.5. The summed E-state index contributed by atoms with van der Waals surface area (Å²) in [5.74, 6) is 0.594. The summed E-state index contributed by atoms with van der Waals surface area (Å²) in [5.41, 5.74) is 1.83. The highest BCUT2D eigenvalue weighted by Crippen LogP contribution is 2.20. The van der Waals surface area contributed by atoms with Crippen LogP contribution in [0.1, 0.15) is 57.6 Å². The Kier molecular flexibility index (Phi) is 8.69. The van der Waals surface area contributed by atoms with E-state index in [2.05, 4.69) is 29.5 Å². The van der Waals surface area contributed by atoms with Gasteiger partial charge >= 0.3 is 0 Å². The third kappa shape index (κ3) is 7.11. The molecule has 0 bridgehead atoms. The molecule has 3 aromatic rings. The van der Waals surface area contributed by atoms with Crippen molar-refractivity contribution in [2.45, 2.75) is 32.8 Å². The summed E-state index contributed by atoms with van der Waals surface area (Å²) in [6.45, 7) is 5.27. The number of ether oxygens (including phenoxy) is 1. The second-order valence-corrected chi connectivity index (χ2v) is 8.75. The highest BCUT2D eigenvalue weighted by atomic mass is 32.1. The van der Waals surface area contributed by atoms with Crippen LogP contribution in [-0.2, 0) is 6.61 Å². The van der Waals surface area contributed by atoms with Crippen molar-refractivity contribution in [3.63, 3.8) is 0 Å². The van der Waals surface area contributed by atoms with Crippen molar-refractivity contribution in [1.82, 2.24) is 15.6 Å². The molecule has 1 aromatic heterocycles. The molecular weight excluding hydrogens is 456 g/mol. The van der Waals surface area contributed by atoms with E-state index in [0.717, 1.165) is 5.75 Å². The molecule has 9 nitrogen and oxygen atoms in total. The molecule has 10 heteroatoms. The molecule has 0 aliphatic heterocycles. The molecule has 0 saturated heterocycles. The Morgan fingerprint density at radius 1 is 1.03 bits per heavy atom. The van der Waals surface area contributed by atoms with E-state index in [1.165, 1.54) is 41.2 Å². The summed E-state index contributed by atoms with van der Waals surface area (Å²) < 4.78 is 5.75. The minimum Gasteiger partial charge on any atom is -0.486 e. The Morgan fingerprint density at radius 2 is 1.68 bits per heavy atom. The van der Waals surface area contributed by atoms with Gasteiger partial charge in [-0.05, 0) is 42.2 Å². The first kappa shape index (κ1) is 24.8. The number of nitro benzene ring substituents is 1. The molecule has 0 radical (unpaired) electrons. The molecule has 0 fully saturated rings. The van der Waals surface area contributed by atoms with Crippen LogP contribution in [0.25, 0.3) is 0 Å². The number of hydrogen-bond donors (Lipinski definition) is 2. The Labute approximate surface area is 201 Å². The summed E-state index contributed by atoms with van der Waals surface area (Å²) >= 11 is 1.36. The lowest BCUT2D eigenvalue weighted by atomic mass is 10.0. The average molecular weight is 483 g/mol. The molecule has 34 heavy (non-hydrogen) atoms. The number of carbonyl (C=O) groups is 2. The maximum absolute atomic E-state index is 12.3. The number of hydrogen-bond acceptors (Lipinski definition) is 7. The van der Waals surface area contributed by atoms with Crippen LogP contribution in [0.5, 0.6) is 5.75 Å². The van der Waals surface area contributed by atoms with E-state index in [-0.39, 0.29) is 24.1 Å². The minimum absolute atomic E-state index is 0.0729. The first-order chi connectivity index (χ1) is 16.3. The van der Waals surface area contributed by atoms with Crippen molar-refractivity contribution < 1.29 is 19.2 Å². The second kappa shape index (κ2) is 11.9. The van der Waals surface area contributed by atoms with Gasteiger partial charge in [0, 0.05) is 36.2 Å². The number of rotatable bonds is 11. The summed E-state index contributed by atoms with van der Waals surface area (Å²) in [4.78, 5) is 38.8. The first-order valence-electron chi connectivity index (χ1n) is 10.8. The quantitative estimate of drug-likeness (QED) is 0.239. The summed E-state index contributed by atoms with van der Waals surface area (Å²) in [5, 5.41) is 18.5. The van der Waals surface area contributed by atoms with Crippen molar-refractivity contribution in [2.75, 3.05) is 13.1 Å². The zero-order valence-corrected chi connectivity index (χ0v) is 19.8. The van der Waals surface area contributed by atoms with Gasteiger partial charge in [-0.25, -0.2) is 4.98 Å². The van der Waals surface area contributed by atoms with Crippen molar-refractivity contribution >= 4 is 28.8 Å². The van der Waals surface area contributed by atoms with Gasteiger partial charge in [0.2, 0.25) is 0 Å². The van der Waals surface area contributed by atoms with Crippen molar-refractivity contribution in [2.24, 2.45) is 0 Å². The summed E-state index contributed by atoms with van der Waals surface area (Å²) in [6, 6.07) is 13.3. The molecule has 2 aromatic carbocycles. The molecular formula is C24H26N4O5S. The van der Waals surface area contributed by atoms with Gasteiger partial charge in [0.05, 0.1) is 4.92 Å². The highest BCUT2D eigenvalue weighted by molar-refractivity contribution is 7.09. The molecule has 2 N–H and O–H groups in total. The number of aromatic nitrogens is 1. The average Bonchev–Trinajstić information content (AvgIpc) is 3.32. The van der Waals surface area contributed by atoms with Crippen LogP contribution < -0.4 is 15.4 Å². The molecule has 1 heterocycles. The molecule has 0 saturated carbocycles. The van der Waals surface area contributed by atoms with Crippen LogP contribution in [0.2, 0.25) is 0 Å². The maximum atomic E-state index is 12.3. The number of amides is 2. The van der Waals surface area contributed by atoms with Crippen LogP contribution in [0.3, 0.4) is 0 Å². The van der Waals surface area contributed by atoms with Gasteiger partial charge in [-0.2, -0.15) is 0 Å². The smallest absolute Gasteiger partial charge is 0.270 e. The number of nitrogens with one attached hydrogen (secondary N) is 2.